The van der Waals surface area contributed by atoms with Crippen molar-refractivity contribution in [3.63, 3.8) is 0 Å². The maximum absolute atomic E-state index is 11.5. The summed E-state index contributed by atoms with van der Waals surface area (Å²) in [5.74, 6) is 0.842. The molecular formula is C10H12N4O2S2. The van der Waals surface area contributed by atoms with Gasteiger partial charge in [-0.25, -0.2) is 13.1 Å². The number of anilines is 1. The molecule has 1 aliphatic heterocycles. The zero-order valence-corrected chi connectivity index (χ0v) is 11.1. The predicted molar refractivity (Wildman–Crippen MR) is 70.1 cm³/mol. The van der Waals surface area contributed by atoms with E-state index in [1.54, 1.807) is 22.5 Å². The van der Waals surface area contributed by atoms with Gasteiger partial charge in [0.05, 0.1) is 27.9 Å². The largest absolute Gasteiger partial charge is 0.384 e. The molecule has 2 N–H and O–H groups in total. The average Bonchev–Trinajstić information content (AvgIpc) is 2.97. The van der Waals surface area contributed by atoms with Crippen molar-refractivity contribution in [2.45, 2.75) is 12.5 Å². The van der Waals surface area contributed by atoms with Crippen molar-refractivity contribution in [2.24, 2.45) is 0 Å². The second kappa shape index (κ2) is 4.06. The molecule has 1 unspecified atom stereocenters. The molecule has 0 aliphatic carbocycles. The van der Waals surface area contributed by atoms with Gasteiger partial charge in [0.2, 0.25) is 0 Å². The van der Waals surface area contributed by atoms with E-state index >= 15 is 0 Å². The molecule has 1 atom stereocenters. The number of nitrogens with two attached hydrogens (primary N) is 1. The lowest BCUT2D eigenvalue weighted by atomic mass is 10.3. The molecule has 3 rings (SSSR count). The normalized spacial score (nSPS) is 22.3. The van der Waals surface area contributed by atoms with Crippen LogP contribution in [0.25, 0.3) is 10.6 Å². The number of hydrogen-bond donors (Lipinski definition) is 1. The zero-order valence-electron chi connectivity index (χ0n) is 9.48. The second-order valence-electron chi connectivity index (χ2n) is 4.32. The first kappa shape index (κ1) is 11.7. The third kappa shape index (κ3) is 2.01. The highest BCUT2D eigenvalue weighted by Crippen LogP contribution is 2.29. The minimum atomic E-state index is -2.93. The van der Waals surface area contributed by atoms with Crippen LogP contribution in [-0.4, -0.2) is 34.7 Å². The molecule has 1 saturated heterocycles. The summed E-state index contributed by atoms with van der Waals surface area (Å²) in [6, 6.07) is 1.62. The molecule has 0 bridgehead atoms. The molecule has 0 spiro atoms. The topological polar surface area (TPSA) is 90.9 Å². The van der Waals surface area contributed by atoms with E-state index in [0.717, 1.165) is 10.6 Å². The van der Waals surface area contributed by atoms with Gasteiger partial charge in [0.1, 0.15) is 11.5 Å². The summed E-state index contributed by atoms with van der Waals surface area (Å²) >= 11 is 1.48. The molecule has 0 saturated carbocycles. The summed E-state index contributed by atoms with van der Waals surface area (Å²) in [6.07, 6.45) is 2.30. The van der Waals surface area contributed by atoms with Crippen molar-refractivity contribution in [2.75, 3.05) is 17.2 Å². The number of nitrogen functional groups attached to an aromatic ring is 1. The molecule has 0 radical (unpaired) electrons. The molecule has 18 heavy (non-hydrogen) atoms. The Hall–Kier alpha value is -1.41. The molecule has 0 aromatic carbocycles. The van der Waals surface area contributed by atoms with E-state index < -0.39 is 9.84 Å². The van der Waals surface area contributed by atoms with Gasteiger partial charge in [-0.2, -0.15) is 5.10 Å². The van der Waals surface area contributed by atoms with Gasteiger partial charge in [-0.15, -0.1) is 11.3 Å². The Morgan fingerprint density at radius 2 is 2.33 bits per heavy atom. The lowest BCUT2D eigenvalue weighted by Gasteiger charge is -2.09. The molecule has 96 valence electrons. The van der Waals surface area contributed by atoms with E-state index in [2.05, 4.69) is 10.1 Å². The molecule has 0 amide bonds. The lowest BCUT2D eigenvalue weighted by Crippen LogP contribution is -2.14. The highest BCUT2D eigenvalue weighted by atomic mass is 32.2. The zero-order chi connectivity index (χ0) is 12.8. The smallest absolute Gasteiger partial charge is 0.152 e. The number of rotatable bonds is 2. The summed E-state index contributed by atoms with van der Waals surface area (Å²) < 4.78 is 24.6. The molecule has 1 fully saturated rings. The predicted octanol–water partition coefficient (Wildman–Crippen LogP) is 0.948. The van der Waals surface area contributed by atoms with Gasteiger partial charge in [0, 0.05) is 12.3 Å². The van der Waals surface area contributed by atoms with Crippen LogP contribution in [0.3, 0.4) is 0 Å². The summed E-state index contributed by atoms with van der Waals surface area (Å²) in [7, 11) is -2.93. The summed E-state index contributed by atoms with van der Waals surface area (Å²) in [6.45, 7) is 0. The van der Waals surface area contributed by atoms with Crippen LogP contribution in [0.2, 0.25) is 0 Å². The van der Waals surface area contributed by atoms with Gasteiger partial charge in [0.15, 0.2) is 9.84 Å². The number of nitrogens with zero attached hydrogens (tertiary/aromatic N) is 3. The van der Waals surface area contributed by atoms with Crippen molar-refractivity contribution in [1.29, 1.82) is 0 Å². The summed E-state index contributed by atoms with van der Waals surface area (Å²) in [5, 5.41) is 4.40. The molecule has 1 aliphatic rings. The van der Waals surface area contributed by atoms with Gasteiger partial charge in [-0.1, -0.05) is 0 Å². The molecule has 3 heterocycles. The van der Waals surface area contributed by atoms with Crippen LogP contribution in [0.4, 0.5) is 5.82 Å². The highest BCUT2D eigenvalue weighted by molar-refractivity contribution is 7.91. The van der Waals surface area contributed by atoms with Crippen LogP contribution in [0.1, 0.15) is 12.5 Å². The van der Waals surface area contributed by atoms with Crippen LogP contribution < -0.4 is 5.73 Å². The fourth-order valence-corrected chi connectivity index (χ4v) is 4.40. The van der Waals surface area contributed by atoms with Gasteiger partial charge < -0.3 is 5.73 Å². The molecule has 6 nitrogen and oxygen atoms in total. The van der Waals surface area contributed by atoms with E-state index in [1.807, 2.05) is 0 Å². The molecule has 8 heteroatoms. The minimum Gasteiger partial charge on any atom is -0.384 e. The van der Waals surface area contributed by atoms with Crippen molar-refractivity contribution in [3.8, 4) is 10.6 Å². The van der Waals surface area contributed by atoms with Crippen LogP contribution >= 0.6 is 11.3 Å². The fourth-order valence-electron chi connectivity index (χ4n) is 2.13. The van der Waals surface area contributed by atoms with Gasteiger partial charge in [-0.05, 0) is 6.42 Å². The van der Waals surface area contributed by atoms with E-state index in [-0.39, 0.29) is 17.5 Å². The molecule has 2 aromatic heterocycles. The quantitative estimate of drug-likeness (QED) is 0.886. The lowest BCUT2D eigenvalue weighted by molar-refractivity contribution is 0.508. The van der Waals surface area contributed by atoms with Gasteiger partial charge >= 0.3 is 0 Å². The third-order valence-electron chi connectivity index (χ3n) is 3.00. The van der Waals surface area contributed by atoms with Crippen LogP contribution in [0.5, 0.6) is 0 Å². The van der Waals surface area contributed by atoms with Crippen molar-refractivity contribution in [3.05, 3.63) is 17.8 Å². The van der Waals surface area contributed by atoms with Crippen LogP contribution in [0, 0.1) is 0 Å². The second-order valence-corrected chi connectivity index (χ2v) is 7.44. The average molecular weight is 284 g/mol. The Bertz CT molecular complexity index is 660. The monoisotopic (exact) mass is 284 g/mol. The standard InChI is InChI=1S/C10H12N4O2S2/c11-10-3-8(9-4-12-6-17-9)13-14(10)7-1-2-18(15,16)5-7/h3-4,6-7H,1-2,5,11H2. The van der Waals surface area contributed by atoms with Crippen molar-refractivity contribution < 1.29 is 8.42 Å². The number of thiazole rings is 1. The number of hydrogen-bond acceptors (Lipinski definition) is 6. The first-order valence-electron chi connectivity index (χ1n) is 5.49. The van der Waals surface area contributed by atoms with Gasteiger partial charge in [-0.3, -0.25) is 4.98 Å². The van der Waals surface area contributed by atoms with E-state index in [4.69, 9.17) is 5.73 Å². The van der Waals surface area contributed by atoms with Crippen molar-refractivity contribution in [1.82, 2.24) is 14.8 Å². The van der Waals surface area contributed by atoms with Crippen molar-refractivity contribution >= 4 is 27.0 Å². The maximum atomic E-state index is 11.5. The number of sulfone groups is 1. The summed E-state index contributed by atoms with van der Waals surface area (Å²) in [5.41, 5.74) is 8.38. The fraction of sp³-hybridized carbons (Fsp3) is 0.400. The molecule has 2 aromatic rings. The highest BCUT2D eigenvalue weighted by Gasteiger charge is 2.31. The van der Waals surface area contributed by atoms with Crippen LogP contribution in [-0.2, 0) is 9.84 Å². The maximum Gasteiger partial charge on any atom is 0.152 e. The number of aromatic nitrogens is 3. The Kier molecular flexibility index (Phi) is 2.63. The Labute approximate surface area is 108 Å². The van der Waals surface area contributed by atoms with E-state index in [1.165, 1.54) is 11.3 Å². The third-order valence-corrected chi connectivity index (χ3v) is 5.55. The Morgan fingerprint density at radius 3 is 2.94 bits per heavy atom. The minimum absolute atomic E-state index is 0.126. The first-order chi connectivity index (χ1) is 8.55. The van der Waals surface area contributed by atoms with Crippen LogP contribution in [0.15, 0.2) is 17.8 Å². The first-order valence-corrected chi connectivity index (χ1v) is 8.19. The SMILES string of the molecule is Nc1cc(-c2cncs2)nn1C1CCS(=O)(=O)C1. The molecular weight excluding hydrogens is 272 g/mol. The Balaban J connectivity index is 1.95. The van der Waals surface area contributed by atoms with E-state index in [9.17, 15) is 8.42 Å². The van der Waals surface area contributed by atoms with Gasteiger partial charge in [0.25, 0.3) is 0 Å². The Morgan fingerprint density at radius 1 is 1.50 bits per heavy atom. The summed E-state index contributed by atoms with van der Waals surface area (Å²) in [4.78, 5) is 4.92. The van der Waals surface area contributed by atoms with E-state index in [0.29, 0.717) is 12.2 Å².